The van der Waals surface area contributed by atoms with Gasteiger partial charge in [0.25, 0.3) is 0 Å². The standard InChI is InChI=1S/C12H17N/c1-2-13-12-9-5-7-10-6-3-4-8-11(10)12/h5,7,9,13H,2-4,6,8H2,1H3. The molecule has 0 saturated carbocycles. The van der Waals surface area contributed by atoms with E-state index in [0.29, 0.717) is 0 Å². The molecule has 0 unspecified atom stereocenters. The molecule has 1 aliphatic carbocycles. The summed E-state index contributed by atoms with van der Waals surface area (Å²) in [7, 11) is 0. The lowest BCUT2D eigenvalue weighted by atomic mass is 9.90. The van der Waals surface area contributed by atoms with Gasteiger partial charge in [-0.05, 0) is 49.8 Å². The monoisotopic (exact) mass is 175 g/mol. The molecule has 0 spiro atoms. The Bertz CT molecular complexity index is 291. The molecule has 0 atom stereocenters. The van der Waals surface area contributed by atoms with E-state index in [-0.39, 0.29) is 0 Å². The van der Waals surface area contributed by atoms with E-state index in [9.17, 15) is 0 Å². The maximum Gasteiger partial charge on any atom is 0.0375 e. The van der Waals surface area contributed by atoms with Crippen molar-refractivity contribution in [2.45, 2.75) is 32.6 Å². The van der Waals surface area contributed by atoms with Crippen molar-refractivity contribution < 1.29 is 0 Å². The molecule has 0 heterocycles. The molecule has 0 aromatic heterocycles. The van der Waals surface area contributed by atoms with Crippen molar-refractivity contribution in [3.8, 4) is 0 Å². The summed E-state index contributed by atoms with van der Waals surface area (Å²) in [5.41, 5.74) is 4.49. The zero-order valence-corrected chi connectivity index (χ0v) is 8.27. The van der Waals surface area contributed by atoms with E-state index in [2.05, 4.69) is 30.4 Å². The summed E-state index contributed by atoms with van der Waals surface area (Å²) in [6, 6.07) is 6.64. The fraction of sp³-hybridized carbons (Fsp3) is 0.500. The second-order valence-electron chi connectivity index (χ2n) is 3.68. The summed E-state index contributed by atoms with van der Waals surface area (Å²) in [5.74, 6) is 0. The zero-order chi connectivity index (χ0) is 9.10. The summed E-state index contributed by atoms with van der Waals surface area (Å²) >= 11 is 0. The Labute approximate surface area is 80.2 Å². The summed E-state index contributed by atoms with van der Waals surface area (Å²) in [6.45, 7) is 3.18. The molecule has 1 nitrogen and oxygen atoms in total. The third kappa shape index (κ3) is 1.69. The van der Waals surface area contributed by atoms with Crippen LogP contribution in [0.2, 0.25) is 0 Å². The fourth-order valence-corrected chi connectivity index (χ4v) is 2.14. The molecule has 0 bridgehead atoms. The number of aryl methyl sites for hydroxylation is 1. The molecule has 1 N–H and O–H groups in total. The molecule has 70 valence electrons. The molecule has 1 aromatic carbocycles. The van der Waals surface area contributed by atoms with Gasteiger partial charge in [0.05, 0.1) is 0 Å². The minimum absolute atomic E-state index is 1.02. The number of hydrogen-bond donors (Lipinski definition) is 1. The van der Waals surface area contributed by atoms with Crippen LogP contribution in [-0.4, -0.2) is 6.54 Å². The van der Waals surface area contributed by atoms with Gasteiger partial charge in [-0.2, -0.15) is 0 Å². The number of benzene rings is 1. The average molecular weight is 175 g/mol. The highest BCUT2D eigenvalue weighted by Crippen LogP contribution is 2.27. The van der Waals surface area contributed by atoms with E-state index in [1.165, 1.54) is 31.4 Å². The van der Waals surface area contributed by atoms with Crippen molar-refractivity contribution >= 4 is 5.69 Å². The normalized spacial score (nSPS) is 15.2. The summed E-state index contributed by atoms with van der Waals surface area (Å²) < 4.78 is 0. The molecular weight excluding hydrogens is 158 g/mol. The van der Waals surface area contributed by atoms with Gasteiger partial charge in [0, 0.05) is 12.2 Å². The van der Waals surface area contributed by atoms with Gasteiger partial charge in [0.2, 0.25) is 0 Å². The maximum absolute atomic E-state index is 3.44. The SMILES string of the molecule is CCNc1cccc2c1CCCC2. The second-order valence-corrected chi connectivity index (χ2v) is 3.68. The van der Waals surface area contributed by atoms with Crippen molar-refractivity contribution in [2.75, 3.05) is 11.9 Å². The third-order valence-corrected chi connectivity index (χ3v) is 2.76. The average Bonchev–Trinajstić information content (AvgIpc) is 2.19. The van der Waals surface area contributed by atoms with E-state index in [0.717, 1.165) is 6.54 Å². The molecule has 0 fully saturated rings. The van der Waals surface area contributed by atoms with Crippen LogP contribution in [0.3, 0.4) is 0 Å². The highest BCUT2D eigenvalue weighted by atomic mass is 14.9. The summed E-state index contributed by atoms with van der Waals surface area (Å²) in [5, 5.41) is 3.44. The van der Waals surface area contributed by atoms with Crippen LogP contribution >= 0.6 is 0 Å². The highest BCUT2D eigenvalue weighted by molar-refractivity contribution is 5.55. The smallest absolute Gasteiger partial charge is 0.0375 e. The lowest BCUT2D eigenvalue weighted by Gasteiger charge is -2.19. The number of anilines is 1. The first kappa shape index (κ1) is 8.61. The van der Waals surface area contributed by atoms with E-state index >= 15 is 0 Å². The molecular formula is C12H17N. The van der Waals surface area contributed by atoms with Crippen molar-refractivity contribution in [1.29, 1.82) is 0 Å². The first-order valence-electron chi connectivity index (χ1n) is 5.26. The van der Waals surface area contributed by atoms with Crippen molar-refractivity contribution in [2.24, 2.45) is 0 Å². The third-order valence-electron chi connectivity index (χ3n) is 2.76. The topological polar surface area (TPSA) is 12.0 Å². The lowest BCUT2D eigenvalue weighted by molar-refractivity contribution is 0.686. The van der Waals surface area contributed by atoms with Crippen LogP contribution in [0.25, 0.3) is 0 Å². The first-order valence-corrected chi connectivity index (χ1v) is 5.26. The van der Waals surface area contributed by atoms with Crippen LogP contribution in [0.5, 0.6) is 0 Å². The van der Waals surface area contributed by atoms with Crippen molar-refractivity contribution in [3.63, 3.8) is 0 Å². The Kier molecular flexibility index (Phi) is 2.53. The quantitative estimate of drug-likeness (QED) is 0.728. The zero-order valence-electron chi connectivity index (χ0n) is 8.27. The van der Waals surface area contributed by atoms with Crippen LogP contribution in [-0.2, 0) is 12.8 Å². The van der Waals surface area contributed by atoms with E-state index in [1.807, 2.05) is 0 Å². The van der Waals surface area contributed by atoms with Gasteiger partial charge in [-0.1, -0.05) is 12.1 Å². The van der Waals surface area contributed by atoms with Gasteiger partial charge in [-0.3, -0.25) is 0 Å². The van der Waals surface area contributed by atoms with Crippen LogP contribution in [0, 0.1) is 0 Å². The molecule has 1 aliphatic rings. The molecule has 1 aromatic rings. The van der Waals surface area contributed by atoms with Crippen LogP contribution in [0.15, 0.2) is 18.2 Å². The van der Waals surface area contributed by atoms with Gasteiger partial charge in [-0.15, -0.1) is 0 Å². The Morgan fingerprint density at radius 2 is 2.08 bits per heavy atom. The van der Waals surface area contributed by atoms with Crippen LogP contribution < -0.4 is 5.32 Å². The van der Waals surface area contributed by atoms with Crippen molar-refractivity contribution in [1.82, 2.24) is 0 Å². The van der Waals surface area contributed by atoms with Gasteiger partial charge >= 0.3 is 0 Å². The number of hydrogen-bond acceptors (Lipinski definition) is 1. The molecule has 0 amide bonds. The molecule has 13 heavy (non-hydrogen) atoms. The second kappa shape index (κ2) is 3.82. The van der Waals surface area contributed by atoms with E-state index < -0.39 is 0 Å². The van der Waals surface area contributed by atoms with Gasteiger partial charge in [0.15, 0.2) is 0 Å². The largest absolute Gasteiger partial charge is 0.385 e. The molecule has 2 rings (SSSR count). The van der Waals surface area contributed by atoms with Crippen LogP contribution in [0.4, 0.5) is 5.69 Å². The van der Waals surface area contributed by atoms with Gasteiger partial charge in [-0.25, -0.2) is 0 Å². The predicted octanol–water partition coefficient (Wildman–Crippen LogP) is 3.00. The summed E-state index contributed by atoms with van der Waals surface area (Å²) in [6.07, 6.45) is 5.26. The molecule has 0 aliphatic heterocycles. The Morgan fingerprint density at radius 1 is 1.23 bits per heavy atom. The van der Waals surface area contributed by atoms with Crippen LogP contribution in [0.1, 0.15) is 30.9 Å². The highest BCUT2D eigenvalue weighted by Gasteiger charge is 2.11. The first-order chi connectivity index (χ1) is 6.42. The molecule has 0 radical (unpaired) electrons. The number of nitrogens with one attached hydrogen (secondary N) is 1. The Morgan fingerprint density at radius 3 is 2.92 bits per heavy atom. The van der Waals surface area contributed by atoms with E-state index in [4.69, 9.17) is 0 Å². The minimum Gasteiger partial charge on any atom is -0.385 e. The maximum atomic E-state index is 3.44. The molecule has 0 saturated heterocycles. The number of fused-ring (bicyclic) bond motifs is 1. The Balaban J connectivity index is 2.34. The fourth-order valence-electron chi connectivity index (χ4n) is 2.14. The lowest BCUT2D eigenvalue weighted by Crippen LogP contribution is -2.07. The summed E-state index contributed by atoms with van der Waals surface area (Å²) in [4.78, 5) is 0. The predicted molar refractivity (Wildman–Crippen MR) is 57.2 cm³/mol. The minimum atomic E-state index is 1.02. The molecule has 1 heteroatoms. The van der Waals surface area contributed by atoms with E-state index in [1.54, 1.807) is 11.1 Å². The Hall–Kier alpha value is -0.980. The van der Waals surface area contributed by atoms with Gasteiger partial charge < -0.3 is 5.32 Å². The van der Waals surface area contributed by atoms with Crippen molar-refractivity contribution in [3.05, 3.63) is 29.3 Å². The number of rotatable bonds is 2. The van der Waals surface area contributed by atoms with Gasteiger partial charge in [0.1, 0.15) is 0 Å².